The average molecular weight is 235 g/mol. The molecule has 90 valence electrons. The topological polar surface area (TPSA) is 85.8 Å². The predicted octanol–water partition coefficient (Wildman–Crippen LogP) is 0.822. The van der Waals surface area contributed by atoms with E-state index in [-0.39, 0.29) is 11.6 Å². The molecule has 0 amide bonds. The molecule has 2 heterocycles. The first-order valence-electron chi connectivity index (χ1n) is 5.19. The van der Waals surface area contributed by atoms with Crippen molar-refractivity contribution in [2.45, 2.75) is 19.8 Å². The highest BCUT2D eigenvalue weighted by atomic mass is 16.4. The monoisotopic (exact) mass is 235 g/mol. The van der Waals surface area contributed by atoms with Crippen LogP contribution in [0.3, 0.4) is 0 Å². The molecule has 0 fully saturated rings. The number of aromatic carboxylic acids is 1. The van der Waals surface area contributed by atoms with E-state index in [2.05, 4.69) is 15.4 Å². The molecule has 7 heteroatoms. The number of rotatable bonds is 3. The Morgan fingerprint density at radius 1 is 1.47 bits per heavy atom. The van der Waals surface area contributed by atoms with Gasteiger partial charge in [-0.1, -0.05) is 19.1 Å². The van der Waals surface area contributed by atoms with Crippen molar-refractivity contribution in [3.8, 4) is 5.82 Å². The van der Waals surface area contributed by atoms with Gasteiger partial charge in [-0.3, -0.25) is 4.68 Å². The molecule has 2 rings (SSSR count). The predicted molar refractivity (Wildman–Crippen MR) is 59.2 cm³/mol. The van der Waals surface area contributed by atoms with E-state index in [0.29, 0.717) is 11.5 Å². The molecule has 1 N–H and O–H groups in total. The number of aromatic nitrogens is 5. The van der Waals surface area contributed by atoms with Crippen molar-refractivity contribution < 1.29 is 9.90 Å². The van der Waals surface area contributed by atoms with Gasteiger partial charge in [0.25, 0.3) is 0 Å². The van der Waals surface area contributed by atoms with E-state index in [1.807, 2.05) is 13.8 Å². The van der Waals surface area contributed by atoms with E-state index in [0.717, 1.165) is 0 Å². The van der Waals surface area contributed by atoms with Crippen LogP contribution in [0.15, 0.2) is 12.3 Å². The minimum atomic E-state index is -1.07. The van der Waals surface area contributed by atoms with Crippen LogP contribution >= 0.6 is 0 Å². The number of carbonyl (C=O) groups is 1. The lowest BCUT2D eigenvalue weighted by Crippen LogP contribution is -2.09. The Hall–Kier alpha value is -2.18. The Morgan fingerprint density at radius 2 is 2.18 bits per heavy atom. The van der Waals surface area contributed by atoms with Crippen molar-refractivity contribution in [1.82, 2.24) is 24.8 Å². The first-order chi connectivity index (χ1) is 8.00. The van der Waals surface area contributed by atoms with E-state index in [1.54, 1.807) is 24.0 Å². The maximum atomic E-state index is 11.0. The van der Waals surface area contributed by atoms with Crippen LogP contribution in [0, 0.1) is 0 Å². The molecule has 0 unspecified atom stereocenters. The van der Waals surface area contributed by atoms with Crippen LogP contribution in [0.2, 0.25) is 0 Å². The summed E-state index contributed by atoms with van der Waals surface area (Å²) in [7, 11) is 1.79. The normalized spacial score (nSPS) is 11.1. The summed E-state index contributed by atoms with van der Waals surface area (Å²) in [4.78, 5) is 11.0. The third-order valence-corrected chi connectivity index (χ3v) is 2.37. The number of hydrogen-bond donors (Lipinski definition) is 1. The third kappa shape index (κ3) is 1.91. The smallest absolute Gasteiger partial charge is 0.358 e. The SMILES string of the molecule is CC(C)c1c(C(=O)O)nnn1-c1ccn(C)n1. The summed E-state index contributed by atoms with van der Waals surface area (Å²) < 4.78 is 3.09. The van der Waals surface area contributed by atoms with Crippen LogP contribution in [0.4, 0.5) is 0 Å². The largest absolute Gasteiger partial charge is 0.476 e. The lowest BCUT2D eigenvalue weighted by Gasteiger charge is -2.06. The molecule has 0 saturated carbocycles. The van der Waals surface area contributed by atoms with Gasteiger partial charge in [0, 0.05) is 19.3 Å². The van der Waals surface area contributed by atoms with Crippen LogP contribution < -0.4 is 0 Å². The summed E-state index contributed by atoms with van der Waals surface area (Å²) in [6.45, 7) is 3.79. The van der Waals surface area contributed by atoms with Crippen molar-refractivity contribution >= 4 is 5.97 Å². The highest BCUT2D eigenvalue weighted by Crippen LogP contribution is 2.20. The Kier molecular flexibility index (Phi) is 2.66. The maximum Gasteiger partial charge on any atom is 0.358 e. The molecule has 0 radical (unpaired) electrons. The van der Waals surface area contributed by atoms with Crippen LogP contribution in [-0.2, 0) is 7.05 Å². The van der Waals surface area contributed by atoms with E-state index >= 15 is 0 Å². The van der Waals surface area contributed by atoms with Gasteiger partial charge >= 0.3 is 5.97 Å². The van der Waals surface area contributed by atoms with E-state index in [1.165, 1.54) is 4.68 Å². The molecular weight excluding hydrogens is 222 g/mol. The molecule has 0 aliphatic rings. The standard InChI is InChI=1S/C10H13N5O2/c1-6(2)9-8(10(16)17)11-13-15(9)7-4-5-14(3)12-7/h4-6H,1-3H3,(H,16,17). The maximum absolute atomic E-state index is 11.0. The molecule has 2 aromatic rings. The number of hydrogen-bond acceptors (Lipinski definition) is 4. The van der Waals surface area contributed by atoms with E-state index in [4.69, 9.17) is 5.11 Å². The van der Waals surface area contributed by atoms with Crippen molar-refractivity contribution in [3.05, 3.63) is 23.7 Å². The number of carboxylic acids is 1. The van der Waals surface area contributed by atoms with Gasteiger partial charge in [0.2, 0.25) is 0 Å². The summed E-state index contributed by atoms with van der Waals surface area (Å²) in [5.41, 5.74) is 0.529. The van der Waals surface area contributed by atoms with E-state index < -0.39 is 5.97 Å². The lowest BCUT2D eigenvalue weighted by atomic mass is 10.1. The van der Waals surface area contributed by atoms with Crippen LogP contribution in [0.1, 0.15) is 35.9 Å². The first-order valence-corrected chi connectivity index (χ1v) is 5.19. The molecule has 0 aromatic carbocycles. The van der Waals surface area contributed by atoms with E-state index in [9.17, 15) is 4.79 Å². The minimum absolute atomic E-state index is 0.00175. The van der Waals surface area contributed by atoms with Gasteiger partial charge in [-0.2, -0.15) is 9.78 Å². The second-order valence-electron chi connectivity index (χ2n) is 4.04. The molecule has 0 aliphatic heterocycles. The molecule has 2 aromatic heterocycles. The molecule has 0 spiro atoms. The van der Waals surface area contributed by atoms with Crippen LogP contribution in [-0.4, -0.2) is 35.9 Å². The second-order valence-corrected chi connectivity index (χ2v) is 4.04. The zero-order valence-electron chi connectivity index (χ0n) is 9.82. The summed E-state index contributed by atoms with van der Waals surface area (Å²) in [5.74, 6) is -0.509. The molecule has 0 bridgehead atoms. The number of aryl methyl sites for hydroxylation is 1. The van der Waals surface area contributed by atoms with Crippen LogP contribution in [0.25, 0.3) is 5.82 Å². The number of nitrogens with zero attached hydrogens (tertiary/aromatic N) is 5. The quantitative estimate of drug-likeness (QED) is 0.851. The molecule has 0 atom stereocenters. The molecule has 7 nitrogen and oxygen atoms in total. The summed E-state index contributed by atoms with van der Waals surface area (Å²) in [6, 6.07) is 1.76. The van der Waals surface area contributed by atoms with Gasteiger partial charge in [-0.05, 0) is 5.92 Å². The fourth-order valence-corrected chi connectivity index (χ4v) is 1.64. The Bertz CT molecular complexity index is 555. The highest BCUT2D eigenvalue weighted by molar-refractivity contribution is 5.86. The van der Waals surface area contributed by atoms with Crippen molar-refractivity contribution in [2.75, 3.05) is 0 Å². The molecule has 0 aliphatic carbocycles. The molecular formula is C10H13N5O2. The highest BCUT2D eigenvalue weighted by Gasteiger charge is 2.23. The summed E-state index contributed by atoms with van der Waals surface area (Å²) >= 11 is 0. The Balaban J connectivity index is 2.59. The summed E-state index contributed by atoms with van der Waals surface area (Å²) in [5, 5.41) is 20.8. The van der Waals surface area contributed by atoms with Crippen molar-refractivity contribution in [3.63, 3.8) is 0 Å². The van der Waals surface area contributed by atoms with Gasteiger partial charge in [0.05, 0.1) is 5.69 Å². The van der Waals surface area contributed by atoms with Crippen LogP contribution in [0.5, 0.6) is 0 Å². The number of carboxylic acid groups (broad SMARTS) is 1. The van der Waals surface area contributed by atoms with Gasteiger partial charge < -0.3 is 5.11 Å². The zero-order valence-corrected chi connectivity index (χ0v) is 9.82. The minimum Gasteiger partial charge on any atom is -0.476 e. The fourth-order valence-electron chi connectivity index (χ4n) is 1.64. The molecule has 17 heavy (non-hydrogen) atoms. The van der Waals surface area contributed by atoms with Gasteiger partial charge in [0.15, 0.2) is 11.5 Å². The average Bonchev–Trinajstić information content (AvgIpc) is 2.82. The van der Waals surface area contributed by atoms with Gasteiger partial charge in [-0.15, -0.1) is 5.10 Å². The summed E-state index contributed by atoms with van der Waals surface area (Å²) in [6.07, 6.45) is 1.77. The molecule has 0 saturated heterocycles. The fraction of sp³-hybridized carbons (Fsp3) is 0.400. The van der Waals surface area contributed by atoms with Gasteiger partial charge in [0.1, 0.15) is 0 Å². The first kappa shape index (κ1) is 11.3. The van der Waals surface area contributed by atoms with Crippen molar-refractivity contribution in [2.24, 2.45) is 7.05 Å². The zero-order chi connectivity index (χ0) is 12.6. The third-order valence-electron chi connectivity index (χ3n) is 2.37. The van der Waals surface area contributed by atoms with Gasteiger partial charge in [-0.25, -0.2) is 4.79 Å². The lowest BCUT2D eigenvalue weighted by molar-refractivity contribution is 0.0688. The second kappa shape index (κ2) is 4.00. The Labute approximate surface area is 97.7 Å². The Morgan fingerprint density at radius 3 is 2.65 bits per heavy atom. The van der Waals surface area contributed by atoms with Crippen molar-refractivity contribution in [1.29, 1.82) is 0 Å².